The van der Waals surface area contributed by atoms with Gasteiger partial charge in [-0.2, -0.15) is 13.2 Å². The molecule has 2 aromatic carbocycles. The molecule has 8 nitrogen and oxygen atoms in total. The van der Waals surface area contributed by atoms with E-state index in [2.05, 4.69) is 10.3 Å². The van der Waals surface area contributed by atoms with Crippen molar-refractivity contribution in [1.29, 1.82) is 0 Å². The van der Waals surface area contributed by atoms with Crippen molar-refractivity contribution in [3.63, 3.8) is 0 Å². The van der Waals surface area contributed by atoms with Crippen molar-refractivity contribution in [3.05, 3.63) is 84.2 Å². The highest BCUT2D eigenvalue weighted by Crippen LogP contribution is 2.37. The molecule has 39 heavy (non-hydrogen) atoms. The van der Waals surface area contributed by atoms with Gasteiger partial charge in [-0.25, -0.2) is 13.5 Å². The van der Waals surface area contributed by atoms with Crippen LogP contribution in [-0.2, 0) is 27.4 Å². The summed E-state index contributed by atoms with van der Waals surface area (Å²) in [5.74, 6) is -0.590. The number of ether oxygens (including phenoxy) is 1. The van der Waals surface area contributed by atoms with Crippen molar-refractivity contribution in [2.45, 2.75) is 35.2 Å². The van der Waals surface area contributed by atoms with Gasteiger partial charge in [0, 0.05) is 12.4 Å². The molecule has 1 aliphatic heterocycles. The Morgan fingerprint density at radius 1 is 1.00 bits per heavy atom. The number of hydrogen-bond donors (Lipinski definition) is 2. The van der Waals surface area contributed by atoms with Crippen LogP contribution in [0.5, 0.6) is 11.5 Å². The lowest BCUT2D eigenvalue weighted by molar-refractivity contribution is -0.172. The molecule has 14 heteroatoms. The number of amides is 1. The van der Waals surface area contributed by atoms with Gasteiger partial charge in [-0.3, -0.25) is 15.0 Å². The fraction of sp³-hybridized carbons (Fsp3) is 0.280. The van der Waals surface area contributed by atoms with Gasteiger partial charge in [0.1, 0.15) is 11.5 Å². The third-order valence-corrected chi connectivity index (χ3v) is 8.66. The first-order valence-electron chi connectivity index (χ1n) is 11.3. The molecule has 1 amide bonds. The number of nitrogens with one attached hydrogen (secondary N) is 1. The first kappa shape index (κ1) is 32.3. The molecule has 0 spiro atoms. The lowest BCUT2D eigenvalue weighted by atomic mass is 9.95. The number of carbonyl (C=O) groups is 1. The minimum absolute atomic E-state index is 0. The topological polar surface area (TPSA) is 109 Å². The number of hydrogen-bond acceptors (Lipinski definition) is 7. The molecule has 1 aromatic heterocycles. The van der Waals surface area contributed by atoms with E-state index in [4.69, 9.17) is 4.74 Å². The molecule has 1 aliphatic rings. The van der Waals surface area contributed by atoms with Crippen LogP contribution in [0.2, 0.25) is 0 Å². The van der Waals surface area contributed by atoms with Crippen molar-refractivity contribution in [1.82, 2.24) is 15.4 Å². The van der Waals surface area contributed by atoms with E-state index in [-0.39, 0.29) is 73.7 Å². The average molecular weight is 608 g/mol. The normalized spacial score (nSPS) is 14.9. The Hall–Kier alpha value is -2.90. The van der Waals surface area contributed by atoms with E-state index in [0.717, 1.165) is 24.3 Å². The summed E-state index contributed by atoms with van der Waals surface area (Å²) in [6.07, 6.45) is -1.55. The molecule has 4 rings (SSSR count). The third-order valence-electron chi connectivity index (χ3n) is 6.16. The fourth-order valence-electron chi connectivity index (χ4n) is 4.16. The number of alkyl halides is 3. The summed E-state index contributed by atoms with van der Waals surface area (Å²) in [5, 5.41) is 14.0. The molecule has 0 unspecified atom stereocenters. The van der Waals surface area contributed by atoms with E-state index >= 15 is 0 Å². The van der Waals surface area contributed by atoms with Crippen LogP contribution in [0.25, 0.3) is 0 Å². The predicted octanol–water partition coefficient (Wildman–Crippen LogP) is 5.05. The maximum absolute atomic E-state index is 13.8. The smallest absolute Gasteiger partial charge is 0.416 e. The number of nitrogens with zero attached hydrogens (tertiary/aromatic N) is 2. The summed E-state index contributed by atoms with van der Waals surface area (Å²) in [7, 11) is -4.26. The van der Waals surface area contributed by atoms with E-state index < -0.39 is 32.2 Å². The van der Waals surface area contributed by atoms with Crippen molar-refractivity contribution < 1.29 is 36.3 Å². The maximum Gasteiger partial charge on any atom is 0.416 e. The minimum Gasteiger partial charge on any atom is -0.457 e. The summed E-state index contributed by atoms with van der Waals surface area (Å²) in [6.45, 7) is 0.304. The van der Waals surface area contributed by atoms with Crippen molar-refractivity contribution in [2.75, 3.05) is 13.1 Å². The fourth-order valence-corrected chi connectivity index (χ4v) is 6.18. The van der Waals surface area contributed by atoms with Gasteiger partial charge < -0.3 is 10.1 Å². The van der Waals surface area contributed by atoms with E-state index in [9.17, 15) is 31.6 Å². The van der Waals surface area contributed by atoms with Crippen LogP contribution in [0.4, 0.5) is 13.2 Å². The second kappa shape index (κ2) is 13.0. The van der Waals surface area contributed by atoms with Crippen LogP contribution in [-0.4, -0.2) is 47.4 Å². The molecule has 3 aromatic rings. The van der Waals surface area contributed by atoms with Gasteiger partial charge in [0.25, 0.3) is 5.91 Å². The van der Waals surface area contributed by atoms with E-state index in [1.165, 1.54) is 36.7 Å². The van der Waals surface area contributed by atoms with Gasteiger partial charge >= 0.3 is 6.18 Å². The van der Waals surface area contributed by atoms with Crippen LogP contribution >= 0.6 is 24.8 Å². The number of benzene rings is 2. The number of hydroxylamine groups is 2. The lowest BCUT2D eigenvalue weighted by Crippen LogP contribution is -2.57. The standard InChI is InChI=1S/C25H24F3N3O5S.2ClH/c26-25(27,28)19-3-5-20(6-4-19)36-21-7-9-22(10-8-21)37(34,35)24(11-14-29-15-12-24)23(32)31(33)17-18-2-1-13-30-16-18;;/h1-10,13,16,29,33H,11-12,14-15,17H2;2*1H. The molecule has 0 bridgehead atoms. The summed E-state index contributed by atoms with van der Waals surface area (Å²) < 4.78 is 69.5. The number of rotatable bonds is 7. The number of carbonyl (C=O) groups excluding carboxylic acids is 1. The van der Waals surface area contributed by atoms with E-state index in [1.807, 2.05) is 0 Å². The molecule has 212 valence electrons. The monoisotopic (exact) mass is 607 g/mol. The zero-order chi connectivity index (χ0) is 26.7. The Bertz CT molecular complexity index is 1340. The van der Waals surface area contributed by atoms with Crippen LogP contribution in [0.3, 0.4) is 0 Å². The largest absolute Gasteiger partial charge is 0.457 e. The van der Waals surface area contributed by atoms with Crippen molar-refractivity contribution in [3.8, 4) is 11.5 Å². The quantitative estimate of drug-likeness (QED) is 0.286. The predicted molar refractivity (Wildman–Crippen MR) is 141 cm³/mol. The van der Waals surface area contributed by atoms with Crippen LogP contribution in [0.1, 0.15) is 24.0 Å². The lowest BCUT2D eigenvalue weighted by Gasteiger charge is -2.37. The first-order valence-corrected chi connectivity index (χ1v) is 12.8. The van der Waals surface area contributed by atoms with Gasteiger partial charge in [-0.1, -0.05) is 6.07 Å². The minimum atomic E-state index is -4.47. The Balaban J connectivity index is 0.00000267. The van der Waals surface area contributed by atoms with Crippen molar-refractivity contribution >= 4 is 40.6 Å². The highest BCUT2D eigenvalue weighted by atomic mass is 35.5. The molecule has 1 saturated heterocycles. The third kappa shape index (κ3) is 7.00. The molecule has 2 heterocycles. The number of aromatic nitrogens is 1. The molecule has 0 aliphatic carbocycles. The number of sulfone groups is 1. The van der Waals surface area contributed by atoms with Gasteiger partial charge in [0.05, 0.1) is 17.0 Å². The first-order chi connectivity index (χ1) is 17.5. The number of pyridine rings is 1. The molecule has 0 radical (unpaired) electrons. The molecular formula is C25H26Cl2F3N3O5S. The molecule has 0 saturated carbocycles. The summed E-state index contributed by atoms with van der Waals surface area (Å²) in [4.78, 5) is 17.2. The molecule has 2 N–H and O–H groups in total. The van der Waals surface area contributed by atoms with Crippen LogP contribution in [0, 0.1) is 0 Å². The van der Waals surface area contributed by atoms with Crippen LogP contribution < -0.4 is 10.1 Å². The summed E-state index contributed by atoms with van der Waals surface area (Å²) in [6, 6.07) is 12.6. The van der Waals surface area contributed by atoms with Crippen molar-refractivity contribution in [2.24, 2.45) is 0 Å². The summed E-state index contributed by atoms with van der Waals surface area (Å²) >= 11 is 0. The maximum atomic E-state index is 13.8. The highest BCUT2D eigenvalue weighted by Gasteiger charge is 2.53. The number of piperidine rings is 1. The molecule has 0 atom stereocenters. The van der Waals surface area contributed by atoms with E-state index in [1.54, 1.807) is 12.1 Å². The van der Waals surface area contributed by atoms with Gasteiger partial charge in [-0.15, -0.1) is 24.8 Å². The second-order valence-electron chi connectivity index (χ2n) is 8.57. The Morgan fingerprint density at radius 3 is 2.08 bits per heavy atom. The summed E-state index contributed by atoms with van der Waals surface area (Å²) in [5.41, 5.74) is -0.288. The zero-order valence-electron chi connectivity index (χ0n) is 20.3. The second-order valence-corrected chi connectivity index (χ2v) is 10.8. The SMILES string of the molecule is Cl.Cl.O=C(N(O)Cc1cccnc1)C1(S(=O)(=O)c2ccc(Oc3ccc(C(F)(F)F)cc3)cc2)CCNCC1. The van der Waals surface area contributed by atoms with Gasteiger partial charge in [-0.05, 0) is 86.1 Å². The Labute approximate surface area is 235 Å². The molecular weight excluding hydrogens is 582 g/mol. The average Bonchev–Trinajstić information content (AvgIpc) is 2.89. The highest BCUT2D eigenvalue weighted by molar-refractivity contribution is 7.93. The van der Waals surface area contributed by atoms with Gasteiger partial charge in [0.2, 0.25) is 0 Å². The number of halogens is 5. The Kier molecular flexibility index (Phi) is 10.7. The van der Waals surface area contributed by atoms with Crippen LogP contribution in [0.15, 0.2) is 78.0 Å². The molecule has 1 fully saturated rings. The zero-order valence-corrected chi connectivity index (χ0v) is 22.7. The Morgan fingerprint density at radius 2 is 1.56 bits per heavy atom. The van der Waals surface area contributed by atoms with E-state index in [0.29, 0.717) is 10.6 Å². The van der Waals surface area contributed by atoms with Gasteiger partial charge in [0.15, 0.2) is 14.6 Å².